The first kappa shape index (κ1) is 21.0. The highest BCUT2D eigenvalue weighted by Gasteiger charge is 2.78. The Kier molecular flexibility index (Phi) is 4.28. The molecule has 0 aromatic heterocycles. The highest BCUT2D eigenvalue weighted by molar-refractivity contribution is 5.92. The van der Waals surface area contributed by atoms with Crippen LogP contribution in [0.25, 0.3) is 0 Å². The third-order valence-corrected chi connectivity index (χ3v) is 8.78. The number of carbonyl (C=O) groups is 1. The summed E-state index contributed by atoms with van der Waals surface area (Å²) in [6.45, 7) is 8.52. The van der Waals surface area contributed by atoms with Gasteiger partial charge in [0.1, 0.15) is 29.5 Å². The maximum Gasteiger partial charge on any atom is 0.334 e. The molecule has 0 saturated heterocycles. The molecule has 3 aliphatic carbocycles. The number of aliphatic hydroxyl groups excluding tert-OH is 2. The Morgan fingerprint density at radius 1 is 1.21 bits per heavy atom. The molecule has 0 aromatic carbocycles. The fraction of sp³-hybridized carbons (Fsp3) is 0.773. The van der Waals surface area contributed by atoms with Crippen molar-refractivity contribution in [2.75, 3.05) is 6.61 Å². The van der Waals surface area contributed by atoms with Gasteiger partial charge in [0.05, 0.1) is 6.10 Å². The smallest absolute Gasteiger partial charge is 0.334 e. The molecule has 1 heterocycles. The molecule has 0 spiro atoms. The molecule has 162 valence electrons. The van der Waals surface area contributed by atoms with E-state index in [9.17, 15) is 30.3 Å². The van der Waals surface area contributed by atoms with Gasteiger partial charge in [-0.1, -0.05) is 33.8 Å². The predicted octanol–water partition coefficient (Wildman–Crippen LogP) is 0.437. The molecule has 7 heteroatoms. The molecule has 0 radical (unpaired) electrons. The molecule has 8 atom stereocenters. The van der Waals surface area contributed by atoms with Gasteiger partial charge in [0.2, 0.25) is 0 Å². The van der Waals surface area contributed by atoms with E-state index < -0.39 is 46.3 Å². The number of rotatable bonds is 1. The molecule has 0 aromatic rings. The van der Waals surface area contributed by atoms with Crippen molar-refractivity contribution in [1.82, 2.24) is 0 Å². The van der Waals surface area contributed by atoms with Gasteiger partial charge < -0.3 is 30.3 Å². The van der Waals surface area contributed by atoms with Crippen LogP contribution in [-0.4, -0.2) is 67.1 Å². The monoisotopic (exact) mass is 408 g/mol. The predicted molar refractivity (Wildman–Crippen MR) is 103 cm³/mol. The van der Waals surface area contributed by atoms with Gasteiger partial charge in [-0.15, -0.1) is 0 Å². The van der Waals surface area contributed by atoms with Gasteiger partial charge in [-0.25, -0.2) is 4.79 Å². The van der Waals surface area contributed by atoms with E-state index in [0.717, 1.165) is 5.57 Å². The van der Waals surface area contributed by atoms with Crippen molar-refractivity contribution < 1.29 is 35.1 Å². The van der Waals surface area contributed by atoms with Gasteiger partial charge in [0.25, 0.3) is 0 Å². The molecule has 5 N–H and O–H groups in total. The Hall–Kier alpha value is -1.25. The maximum absolute atomic E-state index is 12.2. The Morgan fingerprint density at radius 3 is 2.41 bits per heavy atom. The van der Waals surface area contributed by atoms with E-state index in [1.165, 1.54) is 0 Å². The van der Waals surface area contributed by atoms with Gasteiger partial charge in [-0.05, 0) is 36.8 Å². The van der Waals surface area contributed by atoms with Crippen LogP contribution in [0, 0.1) is 23.2 Å². The Balaban J connectivity index is 1.99. The molecular formula is C22H32O7. The molecule has 4 rings (SSSR count). The van der Waals surface area contributed by atoms with Crippen molar-refractivity contribution in [3.63, 3.8) is 0 Å². The topological polar surface area (TPSA) is 127 Å². The third kappa shape index (κ3) is 2.03. The van der Waals surface area contributed by atoms with E-state index in [-0.39, 0.29) is 18.5 Å². The Morgan fingerprint density at radius 2 is 1.83 bits per heavy atom. The quantitative estimate of drug-likeness (QED) is 0.315. The number of hydrogen-bond donors (Lipinski definition) is 5. The van der Waals surface area contributed by atoms with Crippen LogP contribution in [0.5, 0.6) is 0 Å². The minimum absolute atomic E-state index is 0.141. The highest BCUT2D eigenvalue weighted by atomic mass is 16.5. The highest BCUT2D eigenvalue weighted by Crippen LogP contribution is 2.66. The average molecular weight is 408 g/mol. The number of cyclic esters (lactones) is 1. The standard InChI is InChI=1S/C22H32O7/c1-10(2)20(26)16(23)12(4)22(28)19(5)7-6-13-14(9-29-17(13)24)15(19)8-11(3)21(22,27)18(20)25/h8,10,12,15-16,18,23,25-28H,6-7,9H2,1-5H3/t12-,15-,16+,18+,19-,20-,21+,22+/m0/s1. The summed E-state index contributed by atoms with van der Waals surface area (Å²) < 4.78 is 5.23. The zero-order valence-corrected chi connectivity index (χ0v) is 17.6. The zero-order valence-electron chi connectivity index (χ0n) is 17.6. The van der Waals surface area contributed by atoms with Crippen molar-refractivity contribution in [3.8, 4) is 0 Å². The molecule has 0 bridgehead atoms. The lowest BCUT2D eigenvalue weighted by molar-refractivity contribution is -0.358. The van der Waals surface area contributed by atoms with Gasteiger partial charge in [0.15, 0.2) is 0 Å². The van der Waals surface area contributed by atoms with E-state index in [1.54, 1.807) is 33.8 Å². The summed E-state index contributed by atoms with van der Waals surface area (Å²) >= 11 is 0. The Labute approximate surface area is 170 Å². The largest absolute Gasteiger partial charge is 0.458 e. The van der Waals surface area contributed by atoms with Crippen molar-refractivity contribution in [1.29, 1.82) is 0 Å². The van der Waals surface area contributed by atoms with Crippen LogP contribution in [0.3, 0.4) is 0 Å². The number of ether oxygens (including phenoxy) is 1. The van der Waals surface area contributed by atoms with E-state index in [0.29, 0.717) is 24.0 Å². The third-order valence-electron chi connectivity index (χ3n) is 8.78. The molecule has 0 amide bonds. The molecule has 1 saturated carbocycles. The van der Waals surface area contributed by atoms with E-state index >= 15 is 0 Å². The number of esters is 1. The van der Waals surface area contributed by atoms with Crippen LogP contribution in [0.1, 0.15) is 47.5 Å². The minimum Gasteiger partial charge on any atom is -0.458 e. The molecule has 29 heavy (non-hydrogen) atoms. The first-order valence-electron chi connectivity index (χ1n) is 10.4. The molecule has 1 fully saturated rings. The second-order valence-corrected chi connectivity index (χ2v) is 10.0. The van der Waals surface area contributed by atoms with Crippen LogP contribution < -0.4 is 0 Å². The van der Waals surface area contributed by atoms with Crippen molar-refractivity contribution in [3.05, 3.63) is 22.8 Å². The van der Waals surface area contributed by atoms with Crippen LogP contribution >= 0.6 is 0 Å². The van der Waals surface area contributed by atoms with E-state index in [2.05, 4.69) is 0 Å². The fourth-order valence-electron chi connectivity index (χ4n) is 6.81. The first-order chi connectivity index (χ1) is 13.3. The lowest BCUT2D eigenvalue weighted by Crippen LogP contribution is -2.85. The summed E-state index contributed by atoms with van der Waals surface area (Å²) in [6, 6.07) is 0. The van der Waals surface area contributed by atoms with Gasteiger partial charge in [-0.2, -0.15) is 0 Å². The number of hydrogen-bond acceptors (Lipinski definition) is 7. The van der Waals surface area contributed by atoms with Crippen LogP contribution in [0.4, 0.5) is 0 Å². The summed E-state index contributed by atoms with van der Waals surface area (Å²) in [7, 11) is 0. The Bertz CT molecular complexity index is 831. The van der Waals surface area contributed by atoms with Gasteiger partial charge in [0, 0.05) is 22.8 Å². The van der Waals surface area contributed by atoms with Crippen LogP contribution in [0.2, 0.25) is 0 Å². The number of aliphatic hydroxyl groups is 5. The second-order valence-electron chi connectivity index (χ2n) is 10.0. The van der Waals surface area contributed by atoms with Crippen LogP contribution in [0.15, 0.2) is 22.8 Å². The number of carbonyl (C=O) groups excluding carboxylic acids is 1. The molecule has 7 nitrogen and oxygen atoms in total. The van der Waals surface area contributed by atoms with Crippen molar-refractivity contribution in [2.24, 2.45) is 23.2 Å². The van der Waals surface area contributed by atoms with Crippen molar-refractivity contribution >= 4 is 5.97 Å². The number of fused-ring (bicyclic) bond motifs is 4. The zero-order chi connectivity index (χ0) is 21.7. The van der Waals surface area contributed by atoms with Crippen molar-refractivity contribution in [2.45, 2.75) is 76.5 Å². The minimum atomic E-state index is -2.16. The summed E-state index contributed by atoms with van der Waals surface area (Å²) in [5, 5.41) is 57.7. The van der Waals surface area contributed by atoms with Crippen LogP contribution in [-0.2, 0) is 9.53 Å². The summed E-state index contributed by atoms with van der Waals surface area (Å²) in [6.07, 6.45) is -0.697. The number of allylic oxidation sites excluding steroid dienone is 1. The molecule has 0 unspecified atom stereocenters. The normalized spacial score (nSPS) is 52.0. The second kappa shape index (κ2) is 5.92. The van der Waals surface area contributed by atoms with E-state index in [4.69, 9.17) is 4.74 Å². The summed E-state index contributed by atoms with van der Waals surface area (Å²) in [5.41, 5.74) is -5.34. The summed E-state index contributed by atoms with van der Waals surface area (Å²) in [5.74, 6) is -2.23. The maximum atomic E-state index is 12.2. The van der Waals surface area contributed by atoms with Gasteiger partial charge >= 0.3 is 5.97 Å². The molecule has 1 aliphatic heterocycles. The lowest BCUT2D eigenvalue weighted by atomic mass is 9.40. The van der Waals surface area contributed by atoms with Gasteiger partial charge in [-0.3, -0.25) is 0 Å². The lowest BCUT2D eigenvalue weighted by Gasteiger charge is -2.70. The molecular weight excluding hydrogens is 376 g/mol. The summed E-state index contributed by atoms with van der Waals surface area (Å²) in [4.78, 5) is 12.1. The SMILES string of the molecule is CC1=C[C@H]2C3=C(CC[C@]2(C)[C@]2(O)[C@@H](C)[C@@H](O)[C@@](O)(C(C)C)[C@@H](O)[C@]12O)C(=O)OC3. The first-order valence-corrected chi connectivity index (χ1v) is 10.4. The molecule has 4 aliphatic rings. The average Bonchev–Trinajstić information content (AvgIpc) is 3.05. The fourth-order valence-corrected chi connectivity index (χ4v) is 6.81. The van der Waals surface area contributed by atoms with E-state index in [1.807, 2.05) is 6.92 Å².